The van der Waals surface area contributed by atoms with Crippen LogP contribution in [0.1, 0.15) is 35.3 Å². The van der Waals surface area contributed by atoms with E-state index in [9.17, 15) is 4.79 Å². The van der Waals surface area contributed by atoms with Crippen LogP contribution in [0.4, 0.5) is 11.5 Å². The number of aromatic nitrogens is 2. The van der Waals surface area contributed by atoms with Gasteiger partial charge >= 0.3 is 0 Å². The van der Waals surface area contributed by atoms with Crippen molar-refractivity contribution in [1.29, 1.82) is 0 Å². The highest BCUT2D eigenvalue weighted by Gasteiger charge is 2.15. The van der Waals surface area contributed by atoms with Gasteiger partial charge in [0.1, 0.15) is 5.69 Å². The summed E-state index contributed by atoms with van der Waals surface area (Å²) < 4.78 is 0. The summed E-state index contributed by atoms with van der Waals surface area (Å²) in [6, 6.07) is 22.1. The number of hydrogen-bond donors (Lipinski definition) is 1. The lowest BCUT2D eigenvalue weighted by Crippen LogP contribution is -2.30. The zero-order chi connectivity index (χ0) is 22.7. The summed E-state index contributed by atoms with van der Waals surface area (Å²) in [5.41, 5.74) is 5.82. The van der Waals surface area contributed by atoms with Gasteiger partial charge in [0.2, 0.25) is 0 Å². The van der Waals surface area contributed by atoms with Crippen LogP contribution in [0.2, 0.25) is 0 Å². The number of hydrogen-bond acceptors (Lipinski definition) is 4. The van der Waals surface area contributed by atoms with Gasteiger partial charge in [0.05, 0.1) is 0 Å². The third-order valence-corrected chi connectivity index (χ3v) is 5.78. The molecule has 0 fully saturated rings. The molecule has 4 rings (SSSR count). The Hall–Kier alpha value is -3.73. The largest absolute Gasteiger partial charge is 0.339 e. The molecule has 162 valence electrons. The SMILES string of the molecule is CCN(CC)C(=O)c1ccc(-c2nnc(Nc3ccc(C)cc3C)c3ccccc23)cc1. The van der Waals surface area contributed by atoms with Gasteiger partial charge in [0, 0.05) is 40.7 Å². The van der Waals surface area contributed by atoms with Crippen molar-refractivity contribution in [2.75, 3.05) is 18.4 Å². The normalized spacial score (nSPS) is 10.9. The van der Waals surface area contributed by atoms with Gasteiger partial charge in [0.25, 0.3) is 5.91 Å². The minimum atomic E-state index is 0.0468. The number of aryl methyl sites for hydroxylation is 2. The van der Waals surface area contributed by atoms with Crippen molar-refractivity contribution in [3.63, 3.8) is 0 Å². The highest BCUT2D eigenvalue weighted by Crippen LogP contribution is 2.32. The molecule has 0 spiro atoms. The van der Waals surface area contributed by atoms with Crippen molar-refractivity contribution in [3.05, 3.63) is 83.4 Å². The number of benzene rings is 3. The predicted molar refractivity (Wildman–Crippen MR) is 131 cm³/mol. The van der Waals surface area contributed by atoms with Crippen molar-refractivity contribution >= 4 is 28.2 Å². The van der Waals surface area contributed by atoms with E-state index < -0.39 is 0 Å². The molecule has 32 heavy (non-hydrogen) atoms. The van der Waals surface area contributed by atoms with Gasteiger partial charge in [-0.15, -0.1) is 10.2 Å². The van der Waals surface area contributed by atoms with E-state index in [4.69, 9.17) is 0 Å². The third-order valence-electron chi connectivity index (χ3n) is 5.78. The average molecular weight is 425 g/mol. The van der Waals surface area contributed by atoms with Crippen LogP contribution in [0.15, 0.2) is 66.7 Å². The first-order valence-corrected chi connectivity index (χ1v) is 11.0. The van der Waals surface area contributed by atoms with Crippen LogP contribution in [0.25, 0.3) is 22.0 Å². The number of anilines is 2. The fourth-order valence-electron chi connectivity index (χ4n) is 3.95. The maximum Gasteiger partial charge on any atom is 0.253 e. The monoisotopic (exact) mass is 424 g/mol. The van der Waals surface area contributed by atoms with Crippen LogP contribution in [0, 0.1) is 13.8 Å². The van der Waals surface area contributed by atoms with E-state index in [1.165, 1.54) is 5.56 Å². The second-order valence-electron chi connectivity index (χ2n) is 7.94. The lowest BCUT2D eigenvalue weighted by Gasteiger charge is -2.18. The van der Waals surface area contributed by atoms with E-state index in [0.29, 0.717) is 18.7 Å². The molecule has 0 bridgehead atoms. The molecule has 0 unspecified atom stereocenters. The Bertz CT molecular complexity index is 1260. The first kappa shape index (κ1) is 21.5. The molecule has 1 aromatic heterocycles. The molecule has 0 atom stereocenters. The summed E-state index contributed by atoms with van der Waals surface area (Å²) >= 11 is 0. The average Bonchev–Trinajstić information content (AvgIpc) is 2.82. The number of carbonyl (C=O) groups is 1. The Kier molecular flexibility index (Phi) is 6.17. The Balaban J connectivity index is 1.70. The van der Waals surface area contributed by atoms with Gasteiger partial charge in [-0.3, -0.25) is 4.79 Å². The van der Waals surface area contributed by atoms with Crippen molar-refractivity contribution in [3.8, 4) is 11.3 Å². The molecule has 5 heteroatoms. The standard InChI is InChI=1S/C27H28N4O/c1-5-31(6-2)27(32)21-14-12-20(13-15-21)25-22-9-7-8-10-23(22)26(30-29-25)28-24-16-11-18(3)17-19(24)4/h7-17H,5-6H2,1-4H3,(H,28,30). The summed E-state index contributed by atoms with van der Waals surface area (Å²) in [5.74, 6) is 0.773. The number of rotatable bonds is 6. The lowest BCUT2D eigenvalue weighted by atomic mass is 10.0. The molecule has 1 N–H and O–H groups in total. The molecule has 3 aromatic carbocycles. The van der Waals surface area contributed by atoms with Crippen molar-refractivity contribution < 1.29 is 4.79 Å². The summed E-state index contributed by atoms with van der Waals surface area (Å²) in [7, 11) is 0. The summed E-state index contributed by atoms with van der Waals surface area (Å²) in [5, 5.41) is 14.5. The smallest absolute Gasteiger partial charge is 0.253 e. The topological polar surface area (TPSA) is 58.1 Å². The molecule has 1 heterocycles. The molecule has 4 aromatic rings. The van der Waals surface area contributed by atoms with Gasteiger partial charge in [-0.1, -0.05) is 54.1 Å². The molecule has 0 saturated carbocycles. The minimum Gasteiger partial charge on any atom is -0.339 e. The van der Waals surface area contributed by atoms with Gasteiger partial charge in [-0.2, -0.15) is 0 Å². The van der Waals surface area contributed by atoms with Crippen LogP contribution < -0.4 is 5.32 Å². The van der Waals surface area contributed by atoms with Crippen LogP contribution in [-0.2, 0) is 0 Å². The summed E-state index contributed by atoms with van der Waals surface area (Å²) in [6.07, 6.45) is 0. The van der Waals surface area contributed by atoms with Gasteiger partial charge in [-0.25, -0.2) is 0 Å². The van der Waals surface area contributed by atoms with Gasteiger partial charge < -0.3 is 10.2 Å². The molecule has 0 aliphatic rings. The highest BCUT2D eigenvalue weighted by molar-refractivity contribution is 6.01. The van der Waals surface area contributed by atoms with E-state index in [1.807, 2.05) is 55.1 Å². The number of fused-ring (bicyclic) bond motifs is 1. The zero-order valence-corrected chi connectivity index (χ0v) is 19.0. The summed E-state index contributed by atoms with van der Waals surface area (Å²) in [6.45, 7) is 9.54. The molecule has 0 aliphatic carbocycles. The maximum atomic E-state index is 12.6. The maximum absolute atomic E-state index is 12.6. The first-order chi connectivity index (χ1) is 15.5. The Morgan fingerprint density at radius 1 is 0.875 bits per heavy atom. The first-order valence-electron chi connectivity index (χ1n) is 11.0. The highest BCUT2D eigenvalue weighted by atomic mass is 16.2. The molecular weight excluding hydrogens is 396 g/mol. The van der Waals surface area contributed by atoms with E-state index in [0.717, 1.165) is 39.1 Å². The zero-order valence-electron chi connectivity index (χ0n) is 19.0. The molecule has 1 amide bonds. The Labute approximate surface area is 189 Å². The van der Waals surface area contributed by atoms with Crippen molar-refractivity contribution in [2.24, 2.45) is 0 Å². The molecule has 0 radical (unpaired) electrons. The van der Waals surface area contributed by atoms with Crippen LogP contribution >= 0.6 is 0 Å². The Morgan fingerprint density at radius 2 is 1.56 bits per heavy atom. The van der Waals surface area contributed by atoms with Crippen LogP contribution in [0.5, 0.6) is 0 Å². The second kappa shape index (κ2) is 9.18. The molecule has 0 saturated heterocycles. The number of amides is 1. The number of carbonyl (C=O) groups excluding carboxylic acids is 1. The Morgan fingerprint density at radius 3 is 2.22 bits per heavy atom. The molecule has 5 nitrogen and oxygen atoms in total. The van der Waals surface area contributed by atoms with Gasteiger partial charge in [-0.05, 0) is 51.5 Å². The fourth-order valence-corrected chi connectivity index (χ4v) is 3.95. The minimum absolute atomic E-state index is 0.0468. The van der Waals surface area contributed by atoms with E-state index in [2.05, 4.69) is 59.7 Å². The predicted octanol–water partition coefficient (Wildman–Crippen LogP) is 6.14. The third kappa shape index (κ3) is 4.19. The number of nitrogens with zero attached hydrogens (tertiary/aromatic N) is 3. The quantitative estimate of drug-likeness (QED) is 0.404. The second-order valence-corrected chi connectivity index (χ2v) is 7.94. The van der Waals surface area contributed by atoms with Crippen LogP contribution in [-0.4, -0.2) is 34.1 Å². The van der Waals surface area contributed by atoms with Gasteiger partial charge in [0.15, 0.2) is 5.82 Å². The van der Waals surface area contributed by atoms with E-state index in [-0.39, 0.29) is 5.91 Å². The van der Waals surface area contributed by atoms with E-state index in [1.54, 1.807) is 0 Å². The van der Waals surface area contributed by atoms with Crippen LogP contribution in [0.3, 0.4) is 0 Å². The lowest BCUT2D eigenvalue weighted by molar-refractivity contribution is 0.0773. The summed E-state index contributed by atoms with van der Waals surface area (Å²) in [4.78, 5) is 14.4. The molecule has 0 aliphatic heterocycles. The van der Waals surface area contributed by atoms with E-state index >= 15 is 0 Å². The molecular formula is C27H28N4O. The fraction of sp³-hybridized carbons (Fsp3) is 0.222. The number of nitrogens with one attached hydrogen (secondary N) is 1. The van der Waals surface area contributed by atoms with Crippen molar-refractivity contribution in [2.45, 2.75) is 27.7 Å². The van der Waals surface area contributed by atoms with Crippen molar-refractivity contribution in [1.82, 2.24) is 15.1 Å².